The lowest BCUT2D eigenvalue weighted by Crippen LogP contribution is -2.15. The minimum atomic E-state index is 0.528. The zero-order valence-electron chi connectivity index (χ0n) is 15.3. The van der Waals surface area contributed by atoms with Crippen molar-refractivity contribution in [2.45, 2.75) is 20.3 Å². The van der Waals surface area contributed by atoms with Crippen LogP contribution in [0.5, 0.6) is 5.75 Å². The second-order valence-corrected chi connectivity index (χ2v) is 4.64. The average molecular weight is 340 g/mol. The van der Waals surface area contributed by atoms with Gasteiger partial charge in [0.25, 0.3) is 0 Å². The van der Waals surface area contributed by atoms with Crippen molar-refractivity contribution >= 4 is 6.29 Å². The van der Waals surface area contributed by atoms with Gasteiger partial charge in [-0.1, -0.05) is 44.0 Å². The van der Waals surface area contributed by atoms with E-state index in [1.54, 1.807) is 13.1 Å². The van der Waals surface area contributed by atoms with Crippen molar-refractivity contribution in [1.82, 2.24) is 5.32 Å². The third kappa shape index (κ3) is 9.31. The Hall–Kier alpha value is -2.61. The van der Waals surface area contributed by atoms with Crippen molar-refractivity contribution in [3.8, 4) is 18.1 Å². The average Bonchev–Trinajstić information content (AvgIpc) is 2.70. The normalized spacial score (nSPS) is 8.76. The van der Waals surface area contributed by atoms with Crippen LogP contribution in [0.3, 0.4) is 0 Å². The van der Waals surface area contributed by atoms with Gasteiger partial charge in [-0.15, -0.1) is 6.42 Å². The molecule has 0 aliphatic heterocycles. The molecule has 0 fully saturated rings. The molecule has 2 rings (SSSR count). The molecule has 0 saturated heterocycles. The first-order valence-corrected chi connectivity index (χ1v) is 8.32. The van der Waals surface area contributed by atoms with Crippen LogP contribution in [-0.4, -0.2) is 26.6 Å². The Kier molecular flexibility index (Phi) is 13.4. The number of hydrogen-bond acceptors (Lipinski definition) is 4. The largest absolute Gasteiger partial charge is 0.493 e. The summed E-state index contributed by atoms with van der Waals surface area (Å²) in [5.41, 5.74) is 7.21. The van der Waals surface area contributed by atoms with Crippen LogP contribution in [0.4, 0.5) is 0 Å². The van der Waals surface area contributed by atoms with Gasteiger partial charge in [-0.05, 0) is 36.9 Å². The summed E-state index contributed by atoms with van der Waals surface area (Å²) in [6.45, 7) is 5.10. The summed E-state index contributed by atoms with van der Waals surface area (Å²) >= 11 is 0. The van der Waals surface area contributed by atoms with E-state index in [0.717, 1.165) is 23.2 Å². The molecule has 3 N–H and O–H groups in total. The van der Waals surface area contributed by atoms with Gasteiger partial charge in [0.05, 0.1) is 6.61 Å². The fourth-order valence-electron chi connectivity index (χ4n) is 1.82. The molecule has 0 aliphatic rings. The molecular weight excluding hydrogens is 312 g/mol. The fourth-order valence-corrected chi connectivity index (χ4v) is 1.82. The maximum absolute atomic E-state index is 11.0. The first kappa shape index (κ1) is 22.4. The Morgan fingerprint density at radius 3 is 2.36 bits per heavy atom. The molecule has 0 atom stereocenters. The molecule has 25 heavy (non-hydrogen) atoms. The van der Waals surface area contributed by atoms with E-state index in [2.05, 4.69) is 11.2 Å². The highest BCUT2D eigenvalue weighted by molar-refractivity contribution is 5.78. The van der Waals surface area contributed by atoms with Crippen LogP contribution in [0.2, 0.25) is 0 Å². The summed E-state index contributed by atoms with van der Waals surface area (Å²) in [7, 11) is 1.81. The Labute approximate surface area is 151 Å². The Morgan fingerprint density at radius 1 is 1.20 bits per heavy atom. The number of hydrogen-bond donors (Lipinski definition) is 2. The monoisotopic (exact) mass is 340 g/mol. The van der Waals surface area contributed by atoms with Gasteiger partial charge in [-0.3, -0.25) is 4.79 Å². The molecule has 0 aliphatic carbocycles. The quantitative estimate of drug-likeness (QED) is 0.481. The Balaban J connectivity index is 0.000000845. The molecule has 2 aromatic carbocycles. The van der Waals surface area contributed by atoms with Crippen molar-refractivity contribution in [2.24, 2.45) is 5.73 Å². The van der Waals surface area contributed by atoms with Gasteiger partial charge in [0.2, 0.25) is 0 Å². The van der Waals surface area contributed by atoms with Crippen molar-refractivity contribution in [2.75, 3.05) is 20.3 Å². The second-order valence-electron chi connectivity index (χ2n) is 4.64. The molecule has 0 unspecified atom stereocenters. The molecule has 0 amide bonds. The first-order valence-electron chi connectivity index (χ1n) is 8.32. The molecule has 0 bridgehead atoms. The Bertz CT molecular complexity index is 632. The van der Waals surface area contributed by atoms with E-state index in [4.69, 9.17) is 16.9 Å². The Morgan fingerprint density at radius 2 is 1.84 bits per heavy atom. The van der Waals surface area contributed by atoms with Crippen LogP contribution in [0.15, 0.2) is 48.5 Å². The van der Waals surface area contributed by atoms with E-state index in [1.165, 1.54) is 0 Å². The van der Waals surface area contributed by atoms with Gasteiger partial charge in [0.15, 0.2) is 0 Å². The number of nitrogens with two attached hydrogens (primary N) is 1. The SMILES string of the molecule is C#Cc1ccc(CCOc2ccccc2)c(C=O)c1.CC.CNCN. The zero-order chi connectivity index (χ0) is 18.9. The van der Waals surface area contributed by atoms with Crippen LogP contribution in [0.25, 0.3) is 0 Å². The standard InChI is InChI=1S/C17H14O2.C2H8N2.C2H6/c1-2-14-8-9-15(16(12-14)13-18)10-11-19-17-6-4-3-5-7-17;1-4-2-3;1-2/h1,3-9,12-13H,10-11H2;4H,2-3H2,1H3;1-2H3. The van der Waals surface area contributed by atoms with E-state index < -0.39 is 0 Å². The summed E-state index contributed by atoms with van der Waals surface area (Å²) in [6.07, 6.45) is 6.82. The molecule has 4 heteroatoms. The number of carbonyl (C=O) groups excluding carboxylic acids is 1. The van der Waals surface area contributed by atoms with Gasteiger partial charge in [0, 0.05) is 24.2 Å². The number of para-hydroxylation sites is 1. The molecule has 134 valence electrons. The van der Waals surface area contributed by atoms with Crippen LogP contribution in [0.1, 0.15) is 35.3 Å². The smallest absolute Gasteiger partial charge is 0.150 e. The molecule has 0 spiro atoms. The van der Waals surface area contributed by atoms with Crippen LogP contribution in [-0.2, 0) is 6.42 Å². The van der Waals surface area contributed by atoms with Gasteiger partial charge >= 0.3 is 0 Å². The van der Waals surface area contributed by atoms with Gasteiger partial charge in [-0.2, -0.15) is 0 Å². The highest BCUT2D eigenvalue weighted by Crippen LogP contribution is 2.13. The summed E-state index contributed by atoms with van der Waals surface area (Å²) in [6, 6.07) is 15.0. The summed E-state index contributed by atoms with van der Waals surface area (Å²) in [5, 5.41) is 2.71. The molecule has 0 saturated carbocycles. The molecule has 4 nitrogen and oxygen atoms in total. The van der Waals surface area contributed by atoms with Gasteiger partial charge < -0.3 is 15.8 Å². The number of terminal acetylenes is 1. The molecule has 2 aromatic rings. The molecule has 0 radical (unpaired) electrons. The molecule has 0 heterocycles. The van der Waals surface area contributed by atoms with E-state index >= 15 is 0 Å². The minimum Gasteiger partial charge on any atom is -0.493 e. The first-order chi connectivity index (χ1) is 12.2. The zero-order valence-corrected chi connectivity index (χ0v) is 15.3. The third-order valence-corrected chi connectivity index (χ3v) is 3.03. The summed E-state index contributed by atoms with van der Waals surface area (Å²) in [4.78, 5) is 11.0. The number of aldehydes is 1. The van der Waals surface area contributed by atoms with Crippen molar-refractivity contribution in [3.63, 3.8) is 0 Å². The van der Waals surface area contributed by atoms with Crippen LogP contribution in [0, 0.1) is 12.3 Å². The lowest BCUT2D eigenvalue weighted by atomic mass is 10.0. The van der Waals surface area contributed by atoms with E-state index in [-0.39, 0.29) is 0 Å². The topological polar surface area (TPSA) is 64.3 Å². The maximum Gasteiger partial charge on any atom is 0.150 e. The number of ether oxygens (including phenoxy) is 1. The van der Waals surface area contributed by atoms with Crippen molar-refractivity contribution < 1.29 is 9.53 Å². The van der Waals surface area contributed by atoms with E-state index in [9.17, 15) is 4.79 Å². The lowest BCUT2D eigenvalue weighted by molar-refractivity contribution is 0.112. The van der Waals surface area contributed by atoms with Crippen LogP contribution < -0.4 is 15.8 Å². The lowest BCUT2D eigenvalue weighted by Gasteiger charge is -2.08. The number of carbonyl (C=O) groups is 1. The third-order valence-electron chi connectivity index (χ3n) is 3.03. The van der Waals surface area contributed by atoms with Crippen LogP contribution >= 0.6 is 0 Å². The van der Waals surface area contributed by atoms with Crippen molar-refractivity contribution in [3.05, 3.63) is 65.2 Å². The fraction of sp³-hybridized carbons (Fsp3) is 0.286. The van der Waals surface area contributed by atoms with Gasteiger partial charge in [-0.25, -0.2) is 0 Å². The molecule has 0 aromatic heterocycles. The molecular formula is C21H28N2O2. The van der Waals surface area contributed by atoms with Gasteiger partial charge in [0.1, 0.15) is 12.0 Å². The summed E-state index contributed by atoms with van der Waals surface area (Å²) < 4.78 is 5.61. The predicted octanol–water partition coefficient (Wildman–Crippen LogP) is 3.25. The minimum absolute atomic E-state index is 0.528. The number of benzene rings is 2. The van der Waals surface area contributed by atoms with E-state index in [1.807, 2.05) is 56.3 Å². The highest BCUT2D eigenvalue weighted by atomic mass is 16.5. The van der Waals surface area contributed by atoms with E-state index in [0.29, 0.717) is 25.3 Å². The number of nitrogens with one attached hydrogen (secondary N) is 1. The highest BCUT2D eigenvalue weighted by Gasteiger charge is 2.03. The van der Waals surface area contributed by atoms with Crippen molar-refractivity contribution in [1.29, 1.82) is 0 Å². The maximum atomic E-state index is 11.0. The second kappa shape index (κ2) is 14.9. The number of rotatable bonds is 6. The predicted molar refractivity (Wildman–Crippen MR) is 105 cm³/mol. The summed E-state index contributed by atoms with van der Waals surface area (Å²) in [5.74, 6) is 3.35.